The first-order valence-electron chi connectivity index (χ1n) is 15.0. The molecule has 7 aromatic rings. The summed E-state index contributed by atoms with van der Waals surface area (Å²) in [6.45, 7) is 3.40. The number of rotatable bonds is 8. The summed E-state index contributed by atoms with van der Waals surface area (Å²) in [5.74, 6) is 1.01. The molecule has 6 heteroatoms. The third-order valence-electron chi connectivity index (χ3n) is 7.98. The average Bonchev–Trinajstić information content (AvgIpc) is 3.06. The highest BCUT2D eigenvalue weighted by Crippen LogP contribution is 2.44. The second-order valence-corrected chi connectivity index (χ2v) is 11.2. The standard InChI is InChI=1S/C40H30O6/c1-25-21-26(2)38-33(22-25)39(43-23-36(41)45-34-19-9-13-27-11-3-5-15-29(27)34)31-17-7-8-18-32(31)40(38)44-24-37(42)46-35-20-10-14-28-12-4-6-16-30(28)35/h3-22H,23-24H2,1-2H3. The van der Waals surface area contributed by atoms with Crippen LogP contribution in [-0.4, -0.2) is 25.2 Å². The largest absolute Gasteiger partial charge is 0.481 e. The lowest BCUT2D eigenvalue weighted by Crippen LogP contribution is -2.19. The number of aryl methyl sites for hydroxylation is 2. The Balaban J connectivity index is 1.19. The number of ether oxygens (including phenoxy) is 4. The summed E-state index contributed by atoms with van der Waals surface area (Å²) >= 11 is 0. The van der Waals surface area contributed by atoms with Crippen LogP contribution < -0.4 is 18.9 Å². The molecule has 7 aromatic carbocycles. The van der Waals surface area contributed by atoms with Crippen molar-refractivity contribution in [2.45, 2.75) is 13.8 Å². The third kappa shape index (κ3) is 5.57. The highest BCUT2D eigenvalue weighted by Gasteiger charge is 2.21. The smallest absolute Gasteiger partial charge is 0.349 e. The summed E-state index contributed by atoms with van der Waals surface area (Å²) in [7, 11) is 0. The first-order chi connectivity index (χ1) is 22.5. The molecular weight excluding hydrogens is 576 g/mol. The predicted octanol–water partition coefficient (Wildman–Crippen LogP) is 8.89. The van der Waals surface area contributed by atoms with Crippen molar-refractivity contribution in [3.05, 3.63) is 132 Å². The molecule has 0 saturated carbocycles. The van der Waals surface area contributed by atoms with Crippen LogP contribution in [0.3, 0.4) is 0 Å². The predicted molar refractivity (Wildman–Crippen MR) is 181 cm³/mol. The molecule has 0 aliphatic rings. The number of carbonyl (C=O) groups is 2. The SMILES string of the molecule is Cc1cc(C)c2c(OCC(=O)Oc3cccc4ccccc34)c3ccccc3c(OCC(=O)Oc3cccc4ccccc34)c2c1. The van der Waals surface area contributed by atoms with E-state index in [4.69, 9.17) is 18.9 Å². The summed E-state index contributed by atoms with van der Waals surface area (Å²) < 4.78 is 24.0. The maximum absolute atomic E-state index is 13.1. The van der Waals surface area contributed by atoms with Crippen molar-refractivity contribution in [3.8, 4) is 23.0 Å². The average molecular weight is 607 g/mol. The molecule has 0 bridgehead atoms. The molecule has 0 atom stereocenters. The first-order valence-corrected chi connectivity index (χ1v) is 15.0. The van der Waals surface area contributed by atoms with Crippen LogP contribution in [0.5, 0.6) is 23.0 Å². The lowest BCUT2D eigenvalue weighted by Gasteiger charge is -2.19. The van der Waals surface area contributed by atoms with Crippen molar-refractivity contribution < 1.29 is 28.5 Å². The van der Waals surface area contributed by atoms with E-state index in [0.29, 0.717) is 23.0 Å². The van der Waals surface area contributed by atoms with E-state index in [-0.39, 0.29) is 13.2 Å². The Bertz CT molecular complexity index is 2280. The summed E-state index contributed by atoms with van der Waals surface area (Å²) in [6.07, 6.45) is 0. The van der Waals surface area contributed by atoms with Gasteiger partial charge in [-0.2, -0.15) is 0 Å². The minimum Gasteiger partial charge on any atom is -0.481 e. The minimum atomic E-state index is -0.519. The molecule has 7 rings (SSSR count). The van der Waals surface area contributed by atoms with Crippen LogP contribution in [0, 0.1) is 13.8 Å². The Kier molecular flexibility index (Phi) is 7.69. The van der Waals surface area contributed by atoms with Gasteiger partial charge >= 0.3 is 11.9 Å². The van der Waals surface area contributed by atoms with E-state index in [1.807, 2.05) is 117 Å². The molecule has 0 heterocycles. The summed E-state index contributed by atoms with van der Waals surface area (Å²) in [4.78, 5) is 26.2. The number of hydrogen-bond acceptors (Lipinski definition) is 6. The molecule has 0 aliphatic carbocycles. The van der Waals surface area contributed by atoms with Gasteiger partial charge in [-0.3, -0.25) is 0 Å². The van der Waals surface area contributed by atoms with Gasteiger partial charge in [0.15, 0.2) is 13.2 Å². The molecule has 0 fully saturated rings. The van der Waals surface area contributed by atoms with Crippen LogP contribution in [-0.2, 0) is 9.59 Å². The topological polar surface area (TPSA) is 71.1 Å². The molecule has 0 spiro atoms. The molecule has 0 radical (unpaired) electrons. The highest BCUT2D eigenvalue weighted by molar-refractivity contribution is 6.12. The fourth-order valence-corrected chi connectivity index (χ4v) is 6.05. The zero-order valence-electron chi connectivity index (χ0n) is 25.4. The number of fused-ring (bicyclic) bond motifs is 4. The van der Waals surface area contributed by atoms with E-state index in [0.717, 1.165) is 54.2 Å². The zero-order chi connectivity index (χ0) is 31.6. The Morgan fingerprint density at radius 3 is 1.52 bits per heavy atom. The Hall–Kier alpha value is -5.88. The molecule has 0 amide bonds. The Morgan fingerprint density at radius 1 is 0.500 bits per heavy atom. The Morgan fingerprint density at radius 2 is 0.957 bits per heavy atom. The van der Waals surface area contributed by atoms with E-state index in [2.05, 4.69) is 6.07 Å². The maximum atomic E-state index is 13.1. The van der Waals surface area contributed by atoms with Gasteiger partial charge in [-0.05, 0) is 48.4 Å². The van der Waals surface area contributed by atoms with E-state index < -0.39 is 11.9 Å². The van der Waals surface area contributed by atoms with Crippen LogP contribution >= 0.6 is 0 Å². The van der Waals surface area contributed by atoms with Gasteiger partial charge in [0.1, 0.15) is 23.0 Å². The molecule has 6 nitrogen and oxygen atoms in total. The highest BCUT2D eigenvalue weighted by atomic mass is 16.6. The van der Waals surface area contributed by atoms with Gasteiger partial charge in [-0.1, -0.05) is 109 Å². The van der Waals surface area contributed by atoms with Crippen molar-refractivity contribution in [1.82, 2.24) is 0 Å². The molecule has 0 unspecified atom stereocenters. The second kappa shape index (κ2) is 12.3. The van der Waals surface area contributed by atoms with Crippen molar-refractivity contribution in [3.63, 3.8) is 0 Å². The van der Waals surface area contributed by atoms with Crippen LogP contribution in [0.15, 0.2) is 121 Å². The monoisotopic (exact) mass is 606 g/mol. The van der Waals surface area contributed by atoms with Crippen LogP contribution in [0.4, 0.5) is 0 Å². The molecule has 0 aromatic heterocycles. The number of benzene rings is 7. The van der Waals surface area contributed by atoms with Crippen molar-refractivity contribution >= 4 is 55.0 Å². The fraction of sp³-hybridized carbons (Fsp3) is 0.100. The van der Waals surface area contributed by atoms with E-state index >= 15 is 0 Å². The quantitative estimate of drug-likeness (QED) is 0.0978. The zero-order valence-corrected chi connectivity index (χ0v) is 25.4. The summed E-state index contributed by atoms with van der Waals surface area (Å²) in [5, 5.41) is 6.71. The minimum absolute atomic E-state index is 0.298. The van der Waals surface area contributed by atoms with Crippen molar-refractivity contribution in [2.24, 2.45) is 0 Å². The van der Waals surface area contributed by atoms with Gasteiger partial charge in [0.2, 0.25) is 0 Å². The van der Waals surface area contributed by atoms with Crippen molar-refractivity contribution in [2.75, 3.05) is 13.2 Å². The van der Waals surface area contributed by atoms with E-state index in [1.54, 1.807) is 12.1 Å². The maximum Gasteiger partial charge on any atom is 0.349 e. The van der Waals surface area contributed by atoms with E-state index in [9.17, 15) is 9.59 Å². The van der Waals surface area contributed by atoms with Gasteiger partial charge in [0.05, 0.1) is 0 Å². The lowest BCUT2D eigenvalue weighted by atomic mass is 9.95. The fourth-order valence-electron chi connectivity index (χ4n) is 6.05. The molecule has 0 aliphatic heterocycles. The van der Waals surface area contributed by atoms with Gasteiger partial charge in [-0.25, -0.2) is 9.59 Å². The third-order valence-corrected chi connectivity index (χ3v) is 7.98. The summed E-state index contributed by atoms with van der Waals surface area (Å²) in [6, 6.07) is 38.4. The van der Waals surface area contributed by atoms with Gasteiger partial charge in [0, 0.05) is 32.3 Å². The van der Waals surface area contributed by atoms with E-state index in [1.165, 1.54) is 0 Å². The summed E-state index contributed by atoms with van der Waals surface area (Å²) in [5.41, 5.74) is 1.96. The second-order valence-electron chi connectivity index (χ2n) is 11.2. The molecule has 0 saturated heterocycles. The number of carbonyl (C=O) groups excluding carboxylic acids is 2. The van der Waals surface area contributed by atoms with Crippen molar-refractivity contribution in [1.29, 1.82) is 0 Å². The molecular formula is C40H30O6. The Labute approximate surface area is 265 Å². The van der Waals surface area contributed by atoms with Gasteiger partial charge in [0.25, 0.3) is 0 Å². The molecule has 46 heavy (non-hydrogen) atoms. The van der Waals surface area contributed by atoms with Crippen LogP contribution in [0.2, 0.25) is 0 Å². The van der Waals surface area contributed by atoms with Gasteiger partial charge in [-0.15, -0.1) is 0 Å². The number of esters is 2. The normalized spacial score (nSPS) is 11.2. The van der Waals surface area contributed by atoms with Crippen LogP contribution in [0.25, 0.3) is 43.1 Å². The molecule has 0 N–H and O–H groups in total. The van der Waals surface area contributed by atoms with Crippen LogP contribution in [0.1, 0.15) is 11.1 Å². The lowest BCUT2D eigenvalue weighted by molar-refractivity contribution is -0.137. The molecule has 226 valence electrons. The van der Waals surface area contributed by atoms with Gasteiger partial charge < -0.3 is 18.9 Å². The first kappa shape index (κ1) is 28.9. The number of hydrogen-bond donors (Lipinski definition) is 0.